The maximum atomic E-state index is 13.1. The van der Waals surface area contributed by atoms with Gasteiger partial charge in [-0.3, -0.25) is 4.99 Å². The molecule has 1 fully saturated rings. The highest BCUT2D eigenvalue weighted by Gasteiger charge is 2.21. The van der Waals surface area contributed by atoms with Crippen LogP contribution >= 0.6 is 0 Å². The molecule has 1 aromatic carbocycles. The zero-order valence-electron chi connectivity index (χ0n) is 11.5. The number of hydrogen-bond acceptors (Lipinski definition) is 1. The number of aliphatic imine (C=N–C) groups is 1. The van der Waals surface area contributed by atoms with Crippen molar-refractivity contribution in [3.8, 4) is 0 Å². The summed E-state index contributed by atoms with van der Waals surface area (Å²) >= 11 is 0. The van der Waals surface area contributed by atoms with Gasteiger partial charge >= 0.3 is 0 Å². The van der Waals surface area contributed by atoms with Crippen molar-refractivity contribution in [1.82, 2.24) is 15.6 Å². The fourth-order valence-electron chi connectivity index (χ4n) is 2.30. The number of hydrogen-bond donors (Lipinski definition) is 3. The Kier molecular flexibility index (Phi) is 3.58. The molecule has 20 heavy (non-hydrogen) atoms. The SMILES string of the molecule is CN=C(NCCc1c[nH]c2cc(F)ccc12)NC1CC1. The van der Waals surface area contributed by atoms with Gasteiger partial charge in [0.05, 0.1) is 0 Å². The van der Waals surface area contributed by atoms with Crippen molar-refractivity contribution in [2.45, 2.75) is 25.3 Å². The average Bonchev–Trinajstić information content (AvgIpc) is 3.18. The lowest BCUT2D eigenvalue weighted by Crippen LogP contribution is -2.39. The summed E-state index contributed by atoms with van der Waals surface area (Å²) in [7, 11) is 1.78. The molecule has 4 nitrogen and oxygen atoms in total. The van der Waals surface area contributed by atoms with Crippen LogP contribution < -0.4 is 10.6 Å². The van der Waals surface area contributed by atoms with Crippen LogP contribution in [0.15, 0.2) is 29.4 Å². The summed E-state index contributed by atoms with van der Waals surface area (Å²) in [6.07, 6.45) is 5.28. The topological polar surface area (TPSA) is 52.2 Å². The van der Waals surface area contributed by atoms with Crippen molar-refractivity contribution in [3.05, 3.63) is 35.8 Å². The van der Waals surface area contributed by atoms with Crippen molar-refractivity contribution in [2.24, 2.45) is 4.99 Å². The fraction of sp³-hybridized carbons (Fsp3) is 0.400. The van der Waals surface area contributed by atoms with Gasteiger partial charge in [-0.05, 0) is 43.0 Å². The highest BCUT2D eigenvalue weighted by Crippen LogP contribution is 2.20. The van der Waals surface area contributed by atoms with Gasteiger partial charge in [0.15, 0.2) is 5.96 Å². The van der Waals surface area contributed by atoms with Gasteiger partial charge in [0.1, 0.15) is 5.82 Å². The molecule has 0 atom stereocenters. The summed E-state index contributed by atoms with van der Waals surface area (Å²) in [5.74, 6) is 0.649. The van der Waals surface area contributed by atoms with Gasteiger partial charge in [0, 0.05) is 36.7 Å². The van der Waals surface area contributed by atoms with Gasteiger partial charge in [0.2, 0.25) is 0 Å². The number of nitrogens with zero attached hydrogens (tertiary/aromatic N) is 1. The van der Waals surface area contributed by atoms with E-state index in [0.29, 0.717) is 6.04 Å². The van der Waals surface area contributed by atoms with Crippen LogP contribution in [0.25, 0.3) is 10.9 Å². The summed E-state index contributed by atoms with van der Waals surface area (Å²) in [4.78, 5) is 7.31. The quantitative estimate of drug-likeness (QED) is 0.591. The van der Waals surface area contributed by atoms with Crippen molar-refractivity contribution in [3.63, 3.8) is 0 Å². The number of aromatic nitrogens is 1. The first kappa shape index (κ1) is 13.0. The Morgan fingerprint density at radius 3 is 3.05 bits per heavy atom. The van der Waals surface area contributed by atoms with Crippen molar-refractivity contribution < 1.29 is 4.39 Å². The molecule has 0 radical (unpaired) electrons. The molecule has 0 unspecified atom stereocenters. The van der Waals surface area contributed by atoms with Crippen LogP contribution in [0, 0.1) is 5.82 Å². The lowest BCUT2D eigenvalue weighted by atomic mass is 10.1. The summed E-state index contributed by atoms with van der Waals surface area (Å²) < 4.78 is 13.1. The molecular formula is C15H19FN4. The van der Waals surface area contributed by atoms with Crippen LogP contribution in [-0.4, -0.2) is 30.6 Å². The maximum Gasteiger partial charge on any atom is 0.191 e. The molecule has 0 aliphatic heterocycles. The summed E-state index contributed by atoms with van der Waals surface area (Å²) in [5.41, 5.74) is 2.04. The van der Waals surface area contributed by atoms with Gasteiger partial charge in [-0.15, -0.1) is 0 Å². The van der Waals surface area contributed by atoms with Crippen LogP contribution in [0.5, 0.6) is 0 Å². The monoisotopic (exact) mass is 274 g/mol. The highest BCUT2D eigenvalue weighted by molar-refractivity contribution is 5.83. The van der Waals surface area contributed by atoms with Gasteiger partial charge in [0.25, 0.3) is 0 Å². The second-order valence-electron chi connectivity index (χ2n) is 5.17. The first-order chi connectivity index (χ1) is 9.76. The highest BCUT2D eigenvalue weighted by atomic mass is 19.1. The van der Waals surface area contributed by atoms with E-state index in [0.717, 1.165) is 29.8 Å². The van der Waals surface area contributed by atoms with Gasteiger partial charge in [-0.1, -0.05) is 0 Å². The van der Waals surface area contributed by atoms with E-state index in [1.54, 1.807) is 7.05 Å². The predicted octanol–water partition coefficient (Wildman–Crippen LogP) is 2.18. The molecule has 0 amide bonds. The molecule has 2 aromatic rings. The van der Waals surface area contributed by atoms with E-state index in [4.69, 9.17) is 0 Å². The molecule has 106 valence electrons. The molecule has 3 rings (SSSR count). The molecule has 1 aromatic heterocycles. The molecule has 0 spiro atoms. The first-order valence-corrected chi connectivity index (χ1v) is 6.99. The second kappa shape index (κ2) is 5.53. The maximum absolute atomic E-state index is 13.1. The minimum absolute atomic E-state index is 0.210. The third-order valence-corrected chi connectivity index (χ3v) is 3.56. The third-order valence-electron chi connectivity index (χ3n) is 3.56. The van der Waals surface area contributed by atoms with E-state index < -0.39 is 0 Å². The van der Waals surface area contributed by atoms with Crippen LogP contribution in [-0.2, 0) is 6.42 Å². The first-order valence-electron chi connectivity index (χ1n) is 6.99. The average molecular weight is 274 g/mol. The number of aromatic amines is 1. The van der Waals surface area contributed by atoms with Gasteiger partial charge in [-0.25, -0.2) is 4.39 Å². The summed E-state index contributed by atoms with van der Waals surface area (Å²) in [5, 5.41) is 7.73. The molecule has 1 aliphatic carbocycles. The molecule has 3 N–H and O–H groups in total. The van der Waals surface area contributed by atoms with Crippen LogP contribution in [0.1, 0.15) is 18.4 Å². The van der Waals surface area contributed by atoms with E-state index in [1.165, 1.54) is 30.5 Å². The number of nitrogens with one attached hydrogen (secondary N) is 3. The number of fused-ring (bicyclic) bond motifs is 1. The number of guanidine groups is 1. The summed E-state index contributed by atoms with van der Waals surface area (Å²) in [6, 6.07) is 5.45. The van der Waals surface area contributed by atoms with E-state index in [9.17, 15) is 4.39 Å². The van der Waals surface area contributed by atoms with E-state index in [1.807, 2.05) is 12.3 Å². The third kappa shape index (κ3) is 2.92. The Morgan fingerprint density at radius 2 is 2.30 bits per heavy atom. The van der Waals surface area contributed by atoms with Crippen LogP contribution in [0.4, 0.5) is 4.39 Å². The lowest BCUT2D eigenvalue weighted by Gasteiger charge is -2.10. The normalized spacial score (nSPS) is 15.6. The van der Waals surface area contributed by atoms with Crippen LogP contribution in [0.3, 0.4) is 0 Å². The molecule has 1 aliphatic rings. The van der Waals surface area contributed by atoms with Gasteiger partial charge in [-0.2, -0.15) is 0 Å². The number of rotatable bonds is 4. The Hall–Kier alpha value is -2.04. The van der Waals surface area contributed by atoms with Crippen molar-refractivity contribution >= 4 is 16.9 Å². The standard InChI is InChI=1S/C15H19FN4/c1-17-15(20-12-3-4-12)18-7-6-10-9-19-14-8-11(16)2-5-13(10)14/h2,5,8-9,12,19H,3-4,6-7H2,1H3,(H2,17,18,20). The molecule has 5 heteroatoms. The Balaban J connectivity index is 1.59. The Bertz CT molecular complexity index is 628. The zero-order chi connectivity index (χ0) is 13.9. The number of halogens is 1. The predicted molar refractivity (Wildman–Crippen MR) is 79.5 cm³/mol. The Labute approximate surface area is 117 Å². The van der Waals surface area contributed by atoms with Crippen LogP contribution in [0.2, 0.25) is 0 Å². The zero-order valence-corrected chi connectivity index (χ0v) is 11.5. The molecule has 0 bridgehead atoms. The largest absolute Gasteiger partial charge is 0.361 e. The minimum Gasteiger partial charge on any atom is -0.361 e. The Morgan fingerprint density at radius 1 is 1.45 bits per heavy atom. The minimum atomic E-state index is -0.210. The van der Waals surface area contributed by atoms with Crippen molar-refractivity contribution in [1.29, 1.82) is 0 Å². The fourth-order valence-corrected chi connectivity index (χ4v) is 2.30. The number of benzene rings is 1. The van der Waals surface area contributed by atoms with E-state index >= 15 is 0 Å². The summed E-state index contributed by atoms with van der Waals surface area (Å²) in [6.45, 7) is 0.802. The van der Waals surface area contributed by atoms with Crippen molar-refractivity contribution in [2.75, 3.05) is 13.6 Å². The lowest BCUT2D eigenvalue weighted by molar-refractivity contribution is 0.629. The van der Waals surface area contributed by atoms with Gasteiger partial charge < -0.3 is 15.6 Å². The van der Waals surface area contributed by atoms with E-state index in [2.05, 4.69) is 20.6 Å². The smallest absolute Gasteiger partial charge is 0.191 e. The molecule has 1 heterocycles. The molecule has 0 saturated heterocycles. The molecule has 1 saturated carbocycles. The number of H-pyrrole nitrogens is 1. The molecular weight excluding hydrogens is 255 g/mol. The second-order valence-corrected chi connectivity index (χ2v) is 5.17. The van der Waals surface area contributed by atoms with E-state index in [-0.39, 0.29) is 5.82 Å².